The van der Waals surface area contributed by atoms with Gasteiger partial charge in [-0.25, -0.2) is 4.79 Å². The third-order valence-electron chi connectivity index (χ3n) is 5.79. The second-order valence-corrected chi connectivity index (χ2v) is 8.43. The van der Waals surface area contributed by atoms with Crippen LogP contribution in [0.4, 0.5) is 11.4 Å². The van der Waals surface area contributed by atoms with Crippen LogP contribution in [0.25, 0.3) is 16.5 Å². The molecule has 0 bridgehead atoms. The zero-order chi connectivity index (χ0) is 22.3. The Bertz CT molecular complexity index is 1270. The molecule has 0 unspecified atom stereocenters. The van der Waals surface area contributed by atoms with Crippen molar-refractivity contribution in [3.63, 3.8) is 0 Å². The zero-order valence-electron chi connectivity index (χ0n) is 18.0. The topological polar surface area (TPSA) is 81.0 Å². The van der Waals surface area contributed by atoms with Gasteiger partial charge in [-0.1, -0.05) is 0 Å². The predicted octanol–water partition coefficient (Wildman–Crippen LogP) is 3.82. The van der Waals surface area contributed by atoms with Crippen LogP contribution < -0.4 is 20.6 Å². The molecule has 7 heteroatoms. The molecule has 1 aromatic heterocycles. The van der Waals surface area contributed by atoms with E-state index in [0.717, 1.165) is 43.1 Å². The highest BCUT2D eigenvalue weighted by Gasteiger charge is 2.39. The molecule has 2 aromatic carbocycles. The van der Waals surface area contributed by atoms with E-state index >= 15 is 0 Å². The van der Waals surface area contributed by atoms with E-state index in [2.05, 4.69) is 22.3 Å². The molecule has 0 saturated carbocycles. The molecule has 3 aromatic rings. The SMILES string of the molecule is CC1(C)Oc2cc3ccc(=O)oc3cc2/C(=C/Nc2ccc(N3CCOCC3)cc2)C1=O. The minimum absolute atomic E-state index is 0.153. The summed E-state index contributed by atoms with van der Waals surface area (Å²) in [5.41, 5.74) is 2.03. The van der Waals surface area contributed by atoms with Gasteiger partial charge in [0.2, 0.25) is 5.78 Å². The average molecular weight is 432 g/mol. The lowest BCUT2D eigenvalue weighted by atomic mass is 9.88. The molecule has 7 nitrogen and oxygen atoms in total. The number of nitrogens with zero attached hydrogens (tertiary/aromatic N) is 1. The van der Waals surface area contributed by atoms with Crippen LogP contribution in [0.2, 0.25) is 0 Å². The first-order chi connectivity index (χ1) is 15.4. The van der Waals surface area contributed by atoms with Gasteiger partial charge >= 0.3 is 5.63 Å². The summed E-state index contributed by atoms with van der Waals surface area (Å²) >= 11 is 0. The Balaban J connectivity index is 1.48. The third kappa shape index (κ3) is 3.76. The van der Waals surface area contributed by atoms with Crippen LogP contribution in [0.1, 0.15) is 19.4 Å². The van der Waals surface area contributed by atoms with Crippen LogP contribution >= 0.6 is 0 Å². The number of hydrogen-bond donors (Lipinski definition) is 1. The van der Waals surface area contributed by atoms with Gasteiger partial charge in [-0.2, -0.15) is 0 Å². The number of Topliss-reactive ketones (excluding diaryl/α,β-unsaturated/α-hetero) is 1. The smallest absolute Gasteiger partial charge is 0.336 e. The standard InChI is InChI=1S/C25H24N2O5/c1-25(2)24(29)20(19-14-21-16(13-22(19)32-25)3-8-23(28)31-21)15-26-17-4-6-18(7-5-17)27-9-11-30-12-10-27/h3-8,13-15,26H,9-12H2,1-2H3/b20-15-. The maximum Gasteiger partial charge on any atom is 0.336 e. The number of anilines is 2. The van der Waals surface area contributed by atoms with Crippen molar-refractivity contribution in [1.29, 1.82) is 0 Å². The minimum Gasteiger partial charge on any atom is -0.479 e. The summed E-state index contributed by atoms with van der Waals surface area (Å²) in [7, 11) is 0. The van der Waals surface area contributed by atoms with Gasteiger partial charge < -0.3 is 24.1 Å². The van der Waals surface area contributed by atoms with E-state index in [4.69, 9.17) is 13.9 Å². The average Bonchev–Trinajstić information content (AvgIpc) is 2.79. The highest BCUT2D eigenvalue weighted by Crippen LogP contribution is 2.40. The number of ketones is 1. The molecular weight excluding hydrogens is 408 g/mol. The Labute approximate surface area is 185 Å². The van der Waals surface area contributed by atoms with Crippen molar-refractivity contribution < 1.29 is 18.7 Å². The molecule has 0 radical (unpaired) electrons. The van der Waals surface area contributed by atoms with Crippen molar-refractivity contribution in [2.45, 2.75) is 19.4 Å². The number of carbonyl (C=O) groups is 1. The van der Waals surface area contributed by atoms with Crippen molar-refractivity contribution in [3.8, 4) is 5.75 Å². The molecule has 5 rings (SSSR count). The molecule has 0 amide bonds. The number of morpholine rings is 1. The van der Waals surface area contributed by atoms with E-state index in [1.807, 2.05) is 12.1 Å². The van der Waals surface area contributed by atoms with E-state index in [0.29, 0.717) is 22.5 Å². The fourth-order valence-corrected chi connectivity index (χ4v) is 4.05. The van der Waals surface area contributed by atoms with Gasteiger partial charge in [-0.3, -0.25) is 4.79 Å². The first-order valence-electron chi connectivity index (χ1n) is 10.6. The van der Waals surface area contributed by atoms with E-state index < -0.39 is 11.2 Å². The van der Waals surface area contributed by atoms with E-state index in [-0.39, 0.29) is 5.78 Å². The monoisotopic (exact) mass is 432 g/mol. The lowest BCUT2D eigenvalue weighted by Crippen LogP contribution is -2.42. The van der Waals surface area contributed by atoms with Gasteiger partial charge in [-0.05, 0) is 56.3 Å². The molecular formula is C25H24N2O5. The van der Waals surface area contributed by atoms with Crippen molar-refractivity contribution in [2.75, 3.05) is 36.5 Å². The van der Waals surface area contributed by atoms with Crippen molar-refractivity contribution in [3.05, 3.63) is 70.7 Å². The number of carbonyl (C=O) groups excluding carboxylic acids is 1. The van der Waals surface area contributed by atoms with Gasteiger partial charge in [0.15, 0.2) is 5.60 Å². The third-order valence-corrected chi connectivity index (χ3v) is 5.79. The first kappa shape index (κ1) is 20.3. The van der Waals surface area contributed by atoms with Crippen molar-refractivity contribution in [1.82, 2.24) is 0 Å². The summed E-state index contributed by atoms with van der Waals surface area (Å²) in [6.45, 7) is 6.72. The van der Waals surface area contributed by atoms with Gasteiger partial charge in [0.1, 0.15) is 11.3 Å². The lowest BCUT2D eigenvalue weighted by Gasteiger charge is -2.32. The van der Waals surface area contributed by atoms with Gasteiger partial charge in [0.05, 0.1) is 13.2 Å². The summed E-state index contributed by atoms with van der Waals surface area (Å²) in [6.07, 6.45) is 1.70. The lowest BCUT2D eigenvalue weighted by molar-refractivity contribution is -0.126. The predicted molar refractivity (Wildman–Crippen MR) is 123 cm³/mol. The normalized spacial score (nSPS) is 19.0. The van der Waals surface area contributed by atoms with Crippen LogP contribution in [0.3, 0.4) is 0 Å². The largest absolute Gasteiger partial charge is 0.479 e. The number of hydrogen-bond acceptors (Lipinski definition) is 7. The van der Waals surface area contributed by atoms with Gasteiger partial charge in [0, 0.05) is 53.3 Å². The van der Waals surface area contributed by atoms with E-state index in [9.17, 15) is 9.59 Å². The molecule has 3 heterocycles. The fraction of sp³-hybridized carbons (Fsp3) is 0.280. The molecule has 1 fully saturated rings. The Hall–Kier alpha value is -3.58. The maximum atomic E-state index is 13.2. The van der Waals surface area contributed by atoms with Crippen LogP contribution in [0.5, 0.6) is 5.75 Å². The first-order valence-corrected chi connectivity index (χ1v) is 10.6. The van der Waals surface area contributed by atoms with Crippen LogP contribution in [-0.2, 0) is 9.53 Å². The molecule has 164 valence electrons. The van der Waals surface area contributed by atoms with Crippen molar-refractivity contribution in [2.24, 2.45) is 0 Å². The molecule has 2 aliphatic heterocycles. The number of ether oxygens (including phenoxy) is 2. The summed E-state index contributed by atoms with van der Waals surface area (Å²) in [4.78, 5) is 27.1. The van der Waals surface area contributed by atoms with Gasteiger partial charge in [0.25, 0.3) is 0 Å². The molecule has 0 aliphatic carbocycles. The molecule has 32 heavy (non-hydrogen) atoms. The zero-order valence-corrected chi connectivity index (χ0v) is 18.0. The Morgan fingerprint density at radius 2 is 1.75 bits per heavy atom. The Kier molecular flexibility index (Phi) is 4.98. The number of fused-ring (bicyclic) bond motifs is 2. The summed E-state index contributed by atoms with van der Waals surface area (Å²) < 4.78 is 16.7. The van der Waals surface area contributed by atoms with Crippen molar-refractivity contribution >= 4 is 33.7 Å². The molecule has 1 saturated heterocycles. The van der Waals surface area contributed by atoms with E-state index in [1.54, 1.807) is 38.2 Å². The highest BCUT2D eigenvalue weighted by atomic mass is 16.5. The van der Waals surface area contributed by atoms with Crippen LogP contribution in [0.15, 0.2) is 63.9 Å². The quantitative estimate of drug-likeness (QED) is 0.498. The fourth-order valence-electron chi connectivity index (χ4n) is 4.05. The minimum atomic E-state index is -1.01. The van der Waals surface area contributed by atoms with E-state index in [1.165, 1.54) is 6.07 Å². The Morgan fingerprint density at radius 3 is 2.50 bits per heavy atom. The summed E-state index contributed by atoms with van der Waals surface area (Å²) in [6, 6.07) is 14.6. The molecule has 0 atom stereocenters. The molecule has 2 aliphatic rings. The maximum absolute atomic E-state index is 13.2. The molecule has 0 spiro atoms. The summed E-state index contributed by atoms with van der Waals surface area (Å²) in [5.74, 6) is 0.423. The van der Waals surface area contributed by atoms with Gasteiger partial charge in [-0.15, -0.1) is 0 Å². The summed E-state index contributed by atoms with van der Waals surface area (Å²) in [5, 5.41) is 3.97. The number of rotatable bonds is 3. The second kappa shape index (κ2) is 7.84. The van der Waals surface area contributed by atoms with Crippen LogP contribution in [0, 0.1) is 0 Å². The second-order valence-electron chi connectivity index (χ2n) is 8.43. The Morgan fingerprint density at radius 1 is 1.00 bits per heavy atom. The highest BCUT2D eigenvalue weighted by molar-refractivity contribution is 6.26. The van der Waals surface area contributed by atoms with Crippen LogP contribution in [-0.4, -0.2) is 37.7 Å². The number of nitrogens with one attached hydrogen (secondary N) is 1. The number of benzene rings is 2. The molecule has 1 N–H and O–H groups in total.